The van der Waals surface area contributed by atoms with E-state index in [2.05, 4.69) is 55.4 Å². The van der Waals surface area contributed by atoms with Crippen LogP contribution in [0.25, 0.3) is 11.0 Å². The number of hydrogen-bond donors (Lipinski definition) is 0. The van der Waals surface area contributed by atoms with Crippen LogP contribution < -0.4 is 0 Å². The van der Waals surface area contributed by atoms with Crippen molar-refractivity contribution >= 4 is 11.0 Å². The molecule has 0 spiro atoms. The van der Waals surface area contributed by atoms with Crippen LogP contribution in [0, 0.1) is 0 Å². The van der Waals surface area contributed by atoms with Gasteiger partial charge in [-0.15, -0.1) is 0 Å². The predicted molar refractivity (Wildman–Crippen MR) is 73.4 cm³/mol. The Kier molecular flexibility index (Phi) is 3.51. The van der Waals surface area contributed by atoms with Gasteiger partial charge in [0.2, 0.25) is 0 Å². The first-order valence-corrected chi connectivity index (χ1v) is 6.60. The zero-order valence-corrected chi connectivity index (χ0v) is 11.3. The van der Waals surface area contributed by atoms with E-state index >= 15 is 0 Å². The molecule has 1 aromatic heterocycles. The fourth-order valence-electron chi connectivity index (χ4n) is 2.31. The molecule has 1 heterocycles. The third-order valence-corrected chi connectivity index (χ3v) is 3.45. The summed E-state index contributed by atoms with van der Waals surface area (Å²) in [7, 11) is 0. The zero-order valence-electron chi connectivity index (χ0n) is 11.3. The number of hydrogen-bond acceptors (Lipinski definition) is 1. The maximum atomic E-state index is 4.49. The highest BCUT2D eigenvalue weighted by Gasteiger charge is 2.10. The molecular weight excluding hydrogens is 208 g/mol. The van der Waals surface area contributed by atoms with Crippen molar-refractivity contribution in [1.82, 2.24) is 9.55 Å². The molecule has 0 aliphatic heterocycles. The highest BCUT2D eigenvalue weighted by atomic mass is 15.1. The fraction of sp³-hybridized carbons (Fsp3) is 0.533. The number of aromatic nitrogens is 2. The van der Waals surface area contributed by atoms with Crippen LogP contribution in [0.15, 0.2) is 24.5 Å². The second kappa shape index (κ2) is 4.91. The number of benzene rings is 1. The minimum atomic E-state index is 0.535. The van der Waals surface area contributed by atoms with E-state index in [1.165, 1.54) is 23.9 Å². The summed E-state index contributed by atoms with van der Waals surface area (Å²) in [4.78, 5) is 4.49. The fourth-order valence-corrected chi connectivity index (χ4v) is 2.31. The van der Waals surface area contributed by atoms with Gasteiger partial charge in [-0.2, -0.15) is 0 Å². The summed E-state index contributed by atoms with van der Waals surface area (Å²) in [5.41, 5.74) is 3.78. The van der Waals surface area contributed by atoms with Crippen LogP contribution in [0.4, 0.5) is 0 Å². The lowest BCUT2D eigenvalue weighted by atomic mass is 10.0. The average molecular weight is 230 g/mol. The van der Waals surface area contributed by atoms with Gasteiger partial charge in [0.05, 0.1) is 17.4 Å². The van der Waals surface area contributed by atoms with E-state index in [0.717, 1.165) is 5.52 Å². The number of imidazole rings is 1. The summed E-state index contributed by atoms with van der Waals surface area (Å²) >= 11 is 0. The molecule has 0 aliphatic carbocycles. The Labute approximate surface area is 104 Å². The first-order valence-electron chi connectivity index (χ1n) is 6.60. The van der Waals surface area contributed by atoms with Gasteiger partial charge in [-0.3, -0.25) is 0 Å². The molecule has 0 amide bonds. The molecule has 0 aliphatic rings. The van der Waals surface area contributed by atoms with Crippen molar-refractivity contribution in [3.8, 4) is 0 Å². The highest BCUT2D eigenvalue weighted by Crippen LogP contribution is 2.24. The van der Waals surface area contributed by atoms with Crippen molar-refractivity contribution in [3.05, 3.63) is 30.1 Å². The monoisotopic (exact) mass is 230 g/mol. The standard InChI is InChI=1S/C15H22N2/c1-5-6-12(4)17-10-16-14-8-7-13(11(2)3)9-15(14)17/h7-12H,5-6H2,1-4H3. The van der Waals surface area contributed by atoms with Crippen molar-refractivity contribution in [2.45, 2.75) is 52.5 Å². The van der Waals surface area contributed by atoms with Gasteiger partial charge in [0.15, 0.2) is 0 Å². The molecule has 2 heteroatoms. The molecule has 0 radical (unpaired) electrons. The van der Waals surface area contributed by atoms with E-state index < -0.39 is 0 Å². The number of rotatable bonds is 4. The Morgan fingerprint density at radius 3 is 2.65 bits per heavy atom. The van der Waals surface area contributed by atoms with Crippen LogP contribution in [0.1, 0.15) is 58.1 Å². The van der Waals surface area contributed by atoms with E-state index in [1.807, 2.05) is 6.33 Å². The predicted octanol–water partition coefficient (Wildman–Crippen LogP) is 4.52. The first-order chi connectivity index (χ1) is 8.13. The molecular formula is C15H22N2. The maximum absolute atomic E-state index is 4.49. The molecule has 0 fully saturated rings. The SMILES string of the molecule is CCCC(C)n1cnc2ccc(C(C)C)cc21. The lowest BCUT2D eigenvalue weighted by molar-refractivity contribution is 0.512. The van der Waals surface area contributed by atoms with Gasteiger partial charge >= 0.3 is 0 Å². The molecule has 1 aromatic carbocycles. The first kappa shape index (κ1) is 12.2. The topological polar surface area (TPSA) is 17.8 Å². The van der Waals surface area contributed by atoms with Gasteiger partial charge in [-0.25, -0.2) is 4.98 Å². The van der Waals surface area contributed by atoms with Crippen LogP contribution in [-0.2, 0) is 0 Å². The second-order valence-corrected chi connectivity index (χ2v) is 5.19. The minimum Gasteiger partial charge on any atom is -0.328 e. The molecule has 17 heavy (non-hydrogen) atoms. The van der Waals surface area contributed by atoms with Gasteiger partial charge in [0, 0.05) is 6.04 Å². The van der Waals surface area contributed by atoms with Gasteiger partial charge < -0.3 is 4.57 Å². The van der Waals surface area contributed by atoms with Gasteiger partial charge in [0.25, 0.3) is 0 Å². The quantitative estimate of drug-likeness (QED) is 0.755. The Morgan fingerprint density at radius 2 is 2.00 bits per heavy atom. The van der Waals surface area contributed by atoms with Crippen LogP contribution in [0.5, 0.6) is 0 Å². The number of nitrogens with zero attached hydrogens (tertiary/aromatic N) is 2. The van der Waals surface area contributed by atoms with Crippen molar-refractivity contribution in [2.75, 3.05) is 0 Å². The van der Waals surface area contributed by atoms with E-state index in [4.69, 9.17) is 0 Å². The maximum Gasteiger partial charge on any atom is 0.0960 e. The summed E-state index contributed by atoms with van der Waals surface area (Å²) in [6.45, 7) is 8.97. The van der Waals surface area contributed by atoms with Crippen molar-refractivity contribution < 1.29 is 0 Å². The Hall–Kier alpha value is -1.31. The van der Waals surface area contributed by atoms with Crippen LogP contribution in [0.2, 0.25) is 0 Å². The molecule has 0 bridgehead atoms. The zero-order chi connectivity index (χ0) is 12.4. The molecule has 2 rings (SSSR count). The number of fused-ring (bicyclic) bond motifs is 1. The Balaban J connectivity index is 2.46. The molecule has 0 N–H and O–H groups in total. The molecule has 2 nitrogen and oxygen atoms in total. The third-order valence-electron chi connectivity index (χ3n) is 3.45. The smallest absolute Gasteiger partial charge is 0.0960 e. The lowest BCUT2D eigenvalue weighted by Gasteiger charge is -2.14. The van der Waals surface area contributed by atoms with Gasteiger partial charge in [-0.05, 0) is 37.0 Å². The van der Waals surface area contributed by atoms with E-state index in [-0.39, 0.29) is 0 Å². The van der Waals surface area contributed by atoms with Gasteiger partial charge in [-0.1, -0.05) is 33.3 Å². The summed E-state index contributed by atoms with van der Waals surface area (Å²) in [6, 6.07) is 7.15. The van der Waals surface area contributed by atoms with E-state index in [1.54, 1.807) is 0 Å². The van der Waals surface area contributed by atoms with Crippen molar-refractivity contribution in [3.63, 3.8) is 0 Å². The molecule has 92 valence electrons. The third kappa shape index (κ3) is 2.36. The summed E-state index contributed by atoms with van der Waals surface area (Å²) in [5.74, 6) is 0.573. The molecule has 1 atom stereocenters. The average Bonchev–Trinajstić information content (AvgIpc) is 2.71. The molecule has 2 aromatic rings. The molecule has 1 unspecified atom stereocenters. The normalized spacial score (nSPS) is 13.5. The molecule has 0 saturated heterocycles. The Morgan fingerprint density at radius 1 is 1.24 bits per heavy atom. The summed E-state index contributed by atoms with van der Waals surface area (Å²) < 4.78 is 2.31. The van der Waals surface area contributed by atoms with Crippen LogP contribution >= 0.6 is 0 Å². The largest absolute Gasteiger partial charge is 0.328 e. The van der Waals surface area contributed by atoms with Crippen LogP contribution in [0.3, 0.4) is 0 Å². The second-order valence-electron chi connectivity index (χ2n) is 5.19. The summed E-state index contributed by atoms with van der Waals surface area (Å²) in [5, 5.41) is 0. The lowest BCUT2D eigenvalue weighted by Crippen LogP contribution is -2.03. The Bertz CT molecular complexity index is 497. The summed E-state index contributed by atoms with van der Waals surface area (Å²) in [6.07, 6.45) is 4.40. The van der Waals surface area contributed by atoms with Crippen molar-refractivity contribution in [1.29, 1.82) is 0 Å². The van der Waals surface area contributed by atoms with E-state index in [9.17, 15) is 0 Å². The van der Waals surface area contributed by atoms with E-state index in [0.29, 0.717) is 12.0 Å². The molecule has 0 saturated carbocycles. The van der Waals surface area contributed by atoms with Crippen LogP contribution in [-0.4, -0.2) is 9.55 Å². The van der Waals surface area contributed by atoms with Crippen molar-refractivity contribution in [2.24, 2.45) is 0 Å². The minimum absolute atomic E-state index is 0.535. The highest BCUT2D eigenvalue weighted by molar-refractivity contribution is 5.76. The van der Waals surface area contributed by atoms with Gasteiger partial charge in [0.1, 0.15) is 0 Å².